The largest absolute Gasteiger partial charge is 0.417 e. The second-order valence-corrected chi connectivity index (χ2v) is 7.48. The predicted molar refractivity (Wildman–Crippen MR) is 79.2 cm³/mol. The van der Waals surface area contributed by atoms with Gasteiger partial charge in [-0.05, 0) is 30.9 Å². The summed E-state index contributed by atoms with van der Waals surface area (Å²) in [6.45, 7) is -0.186. The molecule has 0 amide bonds. The molecule has 4 nitrogen and oxygen atoms in total. The summed E-state index contributed by atoms with van der Waals surface area (Å²) in [6, 6.07) is 3.58. The molecule has 1 aliphatic rings. The summed E-state index contributed by atoms with van der Waals surface area (Å²) in [7, 11) is -4.31. The second-order valence-electron chi connectivity index (χ2n) is 5.80. The van der Waals surface area contributed by atoms with Crippen LogP contribution in [0.3, 0.4) is 0 Å². The molecule has 1 saturated carbocycles. The number of aliphatic hydroxyl groups excluding tert-OH is 1. The van der Waals surface area contributed by atoms with Crippen LogP contribution in [0.1, 0.15) is 37.7 Å². The lowest BCUT2D eigenvalue weighted by molar-refractivity contribution is -0.139. The minimum absolute atomic E-state index is 0.186. The van der Waals surface area contributed by atoms with Crippen molar-refractivity contribution in [2.75, 3.05) is 6.61 Å². The summed E-state index contributed by atoms with van der Waals surface area (Å²) < 4.78 is 66.4. The molecule has 1 aromatic carbocycles. The fraction of sp³-hybridized carbons (Fsp3) is 0.600. The first-order valence-corrected chi connectivity index (χ1v) is 9.03. The number of hydrogen-bond acceptors (Lipinski definition) is 3. The van der Waals surface area contributed by atoms with Crippen LogP contribution >= 0.6 is 0 Å². The summed E-state index contributed by atoms with van der Waals surface area (Å²) in [5.74, 6) is -0.273. The molecule has 8 heteroatoms. The molecule has 2 atom stereocenters. The van der Waals surface area contributed by atoms with E-state index in [0.29, 0.717) is 12.8 Å². The van der Waals surface area contributed by atoms with Crippen LogP contribution in [0.2, 0.25) is 0 Å². The van der Waals surface area contributed by atoms with E-state index in [4.69, 9.17) is 0 Å². The van der Waals surface area contributed by atoms with Gasteiger partial charge in [-0.3, -0.25) is 0 Å². The predicted octanol–water partition coefficient (Wildman–Crippen LogP) is 2.92. The Kier molecular flexibility index (Phi) is 5.70. The normalized spacial score (nSPS) is 23.5. The Morgan fingerprint density at radius 1 is 1.13 bits per heavy atom. The van der Waals surface area contributed by atoms with E-state index < -0.39 is 32.7 Å². The minimum atomic E-state index is -4.74. The number of sulfonamides is 1. The zero-order valence-corrected chi connectivity index (χ0v) is 13.3. The smallest absolute Gasteiger partial charge is 0.396 e. The maximum absolute atomic E-state index is 13.0. The molecule has 1 aliphatic carbocycles. The highest BCUT2D eigenvalue weighted by atomic mass is 32.2. The standard InChI is InChI=1S/C15H20F3NO3S/c16-15(17,18)12-7-4-5-9-14(12)23(21,22)19-13-8-3-1-2-6-11(13)10-20/h4-5,7,9,11,13,19-20H,1-3,6,8,10H2/t11-,13-/m1/s1. The lowest BCUT2D eigenvalue weighted by Gasteiger charge is -2.25. The first-order valence-electron chi connectivity index (χ1n) is 7.55. The van der Waals surface area contributed by atoms with E-state index in [1.807, 2.05) is 0 Å². The van der Waals surface area contributed by atoms with Crippen LogP contribution < -0.4 is 4.72 Å². The maximum Gasteiger partial charge on any atom is 0.417 e. The maximum atomic E-state index is 13.0. The quantitative estimate of drug-likeness (QED) is 0.820. The van der Waals surface area contributed by atoms with Crippen molar-refractivity contribution in [1.82, 2.24) is 4.72 Å². The van der Waals surface area contributed by atoms with Gasteiger partial charge in [0.1, 0.15) is 0 Å². The number of nitrogens with one attached hydrogen (secondary N) is 1. The van der Waals surface area contributed by atoms with Gasteiger partial charge in [0.15, 0.2) is 0 Å². The number of rotatable bonds is 4. The van der Waals surface area contributed by atoms with Gasteiger partial charge in [0.2, 0.25) is 10.0 Å². The molecule has 1 fully saturated rings. The van der Waals surface area contributed by atoms with Crippen LogP contribution in [-0.2, 0) is 16.2 Å². The molecule has 0 radical (unpaired) electrons. The van der Waals surface area contributed by atoms with Crippen LogP contribution in [0.5, 0.6) is 0 Å². The second kappa shape index (κ2) is 7.19. The zero-order chi connectivity index (χ0) is 17.1. The fourth-order valence-electron chi connectivity index (χ4n) is 2.96. The molecule has 0 spiro atoms. The Hall–Kier alpha value is -1.12. The van der Waals surface area contributed by atoms with Crippen molar-refractivity contribution in [2.45, 2.75) is 49.2 Å². The third-order valence-electron chi connectivity index (χ3n) is 4.18. The van der Waals surface area contributed by atoms with Gasteiger partial charge in [0, 0.05) is 12.6 Å². The van der Waals surface area contributed by atoms with Crippen molar-refractivity contribution >= 4 is 10.0 Å². The van der Waals surface area contributed by atoms with Gasteiger partial charge in [0.05, 0.1) is 10.5 Å². The van der Waals surface area contributed by atoms with E-state index in [-0.39, 0.29) is 12.5 Å². The van der Waals surface area contributed by atoms with Gasteiger partial charge in [-0.25, -0.2) is 13.1 Å². The molecule has 0 aromatic heterocycles. The topological polar surface area (TPSA) is 66.4 Å². The Morgan fingerprint density at radius 2 is 1.78 bits per heavy atom. The molecule has 2 rings (SSSR count). The first kappa shape index (κ1) is 18.2. The average Bonchev–Trinajstić information content (AvgIpc) is 2.71. The van der Waals surface area contributed by atoms with Crippen LogP contribution in [0.15, 0.2) is 29.2 Å². The van der Waals surface area contributed by atoms with E-state index in [0.717, 1.165) is 37.5 Å². The molecule has 0 saturated heterocycles. The third-order valence-corrected chi connectivity index (χ3v) is 5.73. The summed E-state index contributed by atoms with van der Waals surface area (Å²) in [5.41, 5.74) is -1.18. The number of hydrogen-bond donors (Lipinski definition) is 2. The van der Waals surface area contributed by atoms with E-state index in [9.17, 15) is 26.7 Å². The van der Waals surface area contributed by atoms with Gasteiger partial charge in [0.25, 0.3) is 0 Å². The van der Waals surface area contributed by atoms with E-state index in [2.05, 4.69) is 4.72 Å². The Morgan fingerprint density at radius 3 is 2.43 bits per heavy atom. The molecule has 1 aromatic rings. The highest BCUT2D eigenvalue weighted by Crippen LogP contribution is 2.34. The van der Waals surface area contributed by atoms with Crippen molar-refractivity contribution < 1.29 is 26.7 Å². The number of aliphatic hydroxyl groups is 1. The molecule has 130 valence electrons. The molecule has 2 N–H and O–H groups in total. The number of alkyl halides is 3. The third kappa shape index (κ3) is 4.45. The van der Waals surface area contributed by atoms with Crippen LogP contribution in [0.4, 0.5) is 13.2 Å². The van der Waals surface area contributed by atoms with Crippen molar-refractivity contribution in [1.29, 1.82) is 0 Å². The van der Waals surface area contributed by atoms with Crippen molar-refractivity contribution in [3.05, 3.63) is 29.8 Å². The van der Waals surface area contributed by atoms with Gasteiger partial charge in [-0.15, -0.1) is 0 Å². The average molecular weight is 351 g/mol. The van der Waals surface area contributed by atoms with Gasteiger partial charge in [-0.1, -0.05) is 31.4 Å². The number of halogens is 3. The highest BCUT2D eigenvalue weighted by Gasteiger charge is 2.38. The van der Waals surface area contributed by atoms with E-state index in [1.165, 1.54) is 6.07 Å². The van der Waals surface area contributed by atoms with Gasteiger partial charge < -0.3 is 5.11 Å². The molecule has 0 unspecified atom stereocenters. The van der Waals surface area contributed by atoms with Crippen molar-refractivity contribution in [3.63, 3.8) is 0 Å². The lowest BCUT2D eigenvalue weighted by atomic mass is 9.97. The first-order chi connectivity index (χ1) is 10.8. The van der Waals surface area contributed by atoms with Crippen LogP contribution in [-0.4, -0.2) is 26.2 Å². The van der Waals surface area contributed by atoms with Gasteiger partial charge >= 0.3 is 6.18 Å². The SMILES string of the molecule is O=S(=O)(N[C@@H]1CCCCC[C@@H]1CO)c1ccccc1C(F)(F)F. The molecular formula is C15H20F3NO3S. The molecule has 0 bridgehead atoms. The van der Waals surface area contributed by atoms with Crippen molar-refractivity contribution in [2.24, 2.45) is 5.92 Å². The Labute approximate surface area is 133 Å². The summed E-state index contributed by atoms with van der Waals surface area (Å²) in [4.78, 5) is -0.770. The van der Waals surface area contributed by atoms with Crippen LogP contribution in [0.25, 0.3) is 0 Å². The summed E-state index contributed by atoms with van der Waals surface area (Å²) >= 11 is 0. The van der Waals surface area contributed by atoms with Crippen LogP contribution in [0, 0.1) is 5.92 Å². The Bertz CT molecular complexity index is 631. The molecular weight excluding hydrogens is 331 g/mol. The molecule has 0 aliphatic heterocycles. The highest BCUT2D eigenvalue weighted by molar-refractivity contribution is 7.89. The van der Waals surface area contributed by atoms with E-state index in [1.54, 1.807) is 0 Å². The zero-order valence-electron chi connectivity index (χ0n) is 12.5. The van der Waals surface area contributed by atoms with Crippen molar-refractivity contribution in [3.8, 4) is 0 Å². The monoisotopic (exact) mass is 351 g/mol. The molecule has 0 heterocycles. The summed E-state index contributed by atoms with van der Waals surface area (Å²) in [6.07, 6.45) is -0.991. The van der Waals surface area contributed by atoms with E-state index >= 15 is 0 Å². The van der Waals surface area contributed by atoms with Gasteiger partial charge in [-0.2, -0.15) is 13.2 Å². The number of benzene rings is 1. The lowest BCUT2D eigenvalue weighted by Crippen LogP contribution is -2.41. The Balaban J connectivity index is 2.32. The summed E-state index contributed by atoms with van der Waals surface area (Å²) in [5, 5.41) is 9.42. The molecule has 23 heavy (non-hydrogen) atoms. The fourth-order valence-corrected chi connectivity index (χ4v) is 4.52. The minimum Gasteiger partial charge on any atom is -0.396 e.